The van der Waals surface area contributed by atoms with Crippen LogP contribution in [0.3, 0.4) is 0 Å². The molecule has 0 aromatic heterocycles. The van der Waals surface area contributed by atoms with Gasteiger partial charge in [-0.15, -0.1) is 0 Å². The zero-order chi connectivity index (χ0) is 14.8. The molecule has 1 nitrogen and oxygen atoms in total. The van der Waals surface area contributed by atoms with Crippen LogP contribution in [0.5, 0.6) is 0 Å². The molecule has 0 amide bonds. The van der Waals surface area contributed by atoms with Crippen molar-refractivity contribution in [3.63, 3.8) is 0 Å². The van der Waals surface area contributed by atoms with Crippen molar-refractivity contribution in [2.75, 3.05) is 5.32 Å². The van der Waals surface area contributed by atoms with E-state index in [4.69, 9.17) is 0 Å². The van der Waals surface area contributed by atoms with Gasteiger partial charge < -0.3 is 5.32 Å². The van der Waals surface area contributed by atoms with Crippen LogP contribution in [-0.2, 0) is 5.41 Å². The van der Waals surface area contributed by atoms with Crippen LogP contribution in [0.2, 0.25) is 0 Å². The largest absolute Gasteiger partial charge is 0.355 e. The van der Waals surface area contributed by atoms with Gasteiger partial charge in [-0.3, -0.25) is 0 Å². The van der Waals surface area contributed by atoms with E-state index in [1.165, 1.54) is 22.5 Å². The second kappa shape index (κ2) is 5.70. The van der Waals surface area contributed by atoms with E-state index < -0.39 is 0 Å². The topological polar surface area (TPSA) is 12.0 Å². The van der Waals surface area contributed by atoms with Crippen LogP contribution in [0.25, 0.3) is 0 Å². The summed E-state index contributed by atoms with van der Waals surface area (Å²) in [5.41, 5.74) is 5.28. The average molecular weight is 267 g/mol. The number of fused-ring (bicyclic) bond motifs is 2. The lowest BCUT2D eigenvalue weighted by molar-refractivity contribution is 0.638. The van der Waals surface area contributed by atoms with Crippen LogP contribution in [0.15, 0.2) is 48.5 Å². The zero-order valence-corrected chi connectivity index (χ0v) is 13.2. The molecule has 0 atom stereocenters. The average Bonchev–Trinajstić information content (AvgIpc) is 2.38. The predicted molar refractivity (Wildman–Crippen MR) is 88.8 cm³/mol. The molecule has 20 heavy (non-hydrogen) atoms. The Morgan fingerprint density at radius 2 is 1.10 bits per heavy atom. The maximum Gasteiger partial charge on any atom is 0.0425 e. The molecule has 1 aliphatic rings. The number of hydrogen-bond acceptors (Lipinski definition) is 1. The summed E-state index contributed by atoms with van der Waals surface area (Å²) in [5, 5.41) is 3.50. The summed E-state index contributed by atoms with van der Waals surface area (Å²) < 4.78 is 0. The van der Waals surface area contributed by atoms with E-state index in [0.717, 1.165) is 5.92 Å². The monoisotopic (exact) mass is 267 g/mol. The summed E-state index contributed by atoms with van der Waals surface area (Å²) in [6, 6.07) is 17.1. The van der Waals surface area contributed by atoms with Crippen LogP contribution in [0.1, 0.15) is 45.7 Å². The molecule has 1 heteroatoms. The molecule has 1 N–H and O–H groups in total. The number of benzene rings is 2. The van der Waals surface area contributed by atoms with Gasteiger partial charge in [0.25, 0.3) is 0 Å². The minimum absolute atomic E-state index is 0.0818. The third-order valence-corrected chi connectivity index (χ3v) is 3.47. The fourth-order valence-electron chi connectivity index (χ4n) is 2.56. The maximum absolute atomic E-state index is 3.50. The number of hydrogen-bond donors (Lipinski definition) is 1. The Kier molecular flexibility index (Phi) is 4.17. The van der Waals surface area contributed by atoms with Crippen LogP contribution >= 0.6 is 0 Å². The minimum Gasteiger partial charge on any atom is -0.355 e. The Bertz CT molecular complexity index is 532. The van der Waals surface area contributed by atoms with Gasteiger partial charge in [-0.25, -0.2) is 0 Å². The summed E-state index contributed by atoms with van der Waals surface area (Å²) in [6.45, 7) is 11.1. The van der Waals surface area contributed by atoms with Gasteiger partial charge in [0.2, 0.25) is 0 Å². The summed E-state index contributed by atoms with van der Waals surface area (Å²) in [4.78, 5) is 0. The summed E-state index contributed by atoms with van der Waals surface area (Å²) in [5.74, 6) is 0.833. The standard InChI is InChI=1S/C15H15N.C4H10/c1-15(2)11-7-3-5-9-13(11)16-14-10-6-4-8-12(14)15;1-4(2)3/h3-10,16H,1-2H3;4H,1-3H3. The van der Waals surface area contributed by atoms with Crippen molar-refractivity contribution in [3.05, 3.63) is 59.7 Å². The summed E-state index contributed by atoms with van der Waals surface area (Å²) >= 11 is 0. The number of anilines is 2. The molecule has 0 saturated carbocycles. The molecule has 0 aliphatic carbocycles. The molecule has 0 unspecified atom stereocenters. The van der Waals surface area contributed by atoms with Crippen molar-refractivity contribution >= 4 is 11.4 Å². The van der Waals surface area contributed by atoms with Crippen molar-refractivity contribution in [2.45, 2.75) is 40.0 Å². The third-order valence-electron chi connectivity index (χ3n) is 3.47. The summed E-state index contributed by atoms with van der Waals surface area (Å²) in [7, 11) is 0. The van der Waals surface area contributed by atoms with Crippen molar-refractivity contribution in [1.82, 2.24) is 0 Å². The van der Waals surface area contributed by atoms with Gasteiger partial charge in [-0.1, -0.05) is 71.0 Å². The molecular weight excluding hydrogens is 242 g/mol. The zero-order valence-electron chi connectivity index (χ0n) is 13.2. The first-order chi connectivity index (χ1) is 9.43. The van der Waals surface area contributed by atoms with Gasteiger partial charge >= 0.3 is 0 Å². The van der Waals surface area contributed by atoms with Crippen LogP contribution in [0, 0.1) is 5.92 Å². The van der Waals surface area contributed by atoms with E-state index in [9.17, 15) is 0 Å². The lowest BCUT2D eigenvalue weighted by atomic mass is 9.74. The summed E-state index contributed by atoms with van der Waals surface area (Å²) in [6.07, 6.45) is 0. The molecule has 106 valence electrons. The number of nitrogens with one attached hydrogen (secondary N) is 1. The Balaban J connectivity index is 0.000000328. The van der Waals surface area contributed by atoms with Crippen molar-refractivity contribution in [2.24, 2.45) is 5.92 Å². The highest BCUT2D eigenvalue weighted by Gasteiger charge is 2.31. The first-order valence-electron chi connectivity index (χ1n) is 7.39. The molecule has 1 heterocycles. The fraction of sp³-hybridized carbons (Fsp3) is 0.368. The van der Waals surface area contributed by atoms with Crippen molar-refractivity contribution < 1.29 is 0 Å². The molecular formula is C19H25N. The fourth-order valence-corrected chi connectivity index (χ4v) is 2.56. The second-order valence-corrected chi connectivity index (χ2v) is 6.57. The molecule has 0 bridgehead atoms. The van der Waals surface area contributed by atoms with E-state index in [0.29, 0.717) is 0 Å². The Labute approximate surface area is 123 Å². The quantitative estimate of drug-likeness (QED) is 0.642. The van der Waals surface area contributed by atoms with Gasteiger partial charge in [-0.05, 0) is 29.2 Å². The number of rotatable bonds is 0. The molecule has 0 radical (unpaired) electrons. The molecule has 2 aromatic rings. The molecule has 0 fully saturated rings. The van der Waals surface area contributed by atoms with E-state index in [2.05, 4.69) is 88.5 Å². The molecule has 3 rings (SSSR count). The van der Waals surface area contributed by atoms with E-state index in [1.54, 1.807) is 0 Å². The van der Waals surface area contributed by atoms with E-state index >= 15 is 0 Å². The smallest absolute Gasteiger partial charge is 0.0425 e. The van der Waals surface area contributed by atoms with Crippen molar-refractivity contribution in [3.8, 4) is 0 Å². The normalized spacial score (nSPS) is 14.5. The van der Waals surface area contributed by atoms with Gasteiger partial charge in [0.05, 0.1) is 0 Å². The van der Waals surface area contributed by atoms with Gasteiger partial charge in [0, 0.05) is 16.8 Å². The predicted octanol–water partition coefficient (Wildman–Crippen LogP) is 5.73. The first kappa shape index (κ1) is 14.6. The first-order valence-corrected chi connectivity index (χ1v) is 7.39. The Morgan fingerprint density at radius 1 is 0.750 bits per heavy atom. The van der Waals surface area contributed by atoms with Crippen LogP contribution in [0.4, 0.5) is 11.4 Å². The van der Waals surface area contributed by atoms with Crippen LogP contribution < -0.4 is 5.32 Å². The second-order valence-electron chi connectivity index (χ2n) is 6.57. The highest BCUT2D eigenvalue weighted by Crippen LogP contribution is 2.44. The number of para-hydroxylation sites is 2. The lowest BCUT2D eigenvalue weighted by Crippen LogP contribution is -2.25. The van der Waals surface area contributed by atoms with Crippen molar-refractivity contribution in [1.29, 1.82) is 0 Å². The van der Waals surface area contributed by atoms with Gasteiger partial charge in [0.1, 0.15) is 0 Å². The highest BCUT2D eigenvalue weighted by molar-refractivity contribution is 5.75. The van der Waals surface area contributed by atoms with Gasteiger partial charge in [-0.2, -0.15) is 0 Å². The van der Waals surface area contributed by atoms with E-state index in [1.807, 2.05) is 0 Å². The molecule has 0 spiro atoms. The Hall–Kier alpha value is -1.76. The maximum atomic E-state index is 3.50. The minimum atomic E-state index is 0.0818. The van der Waals surface area contributed by atoms with Gasteiger partial charge in [0.15, 0.2) is 0 Å². The highest BCUT2D eigenvalue weighted by atomic mass is 14.9. The Morgan fingerprint density at radius 3 is 1.50 bits per heavy atom. The lowest BCUT2D eigenvalue weighted by Gasteiger charge is -2.35. The van der Waals surface area contributed by atoms with E-state index in [-0.39, 0.29) is 5.41 Å². The molecule has 2 aromatic carbocycles. The van der Waals surface area contributed by atoms with Crippen LogP contribution in [-0.4, -0.2) is 0 Å². The SMILES string of the molecule is CC(C)C.CC1(C)c2ccccc2Nc2ccccc21. The third kappa shape index (κ3) is 2.87. The molecule has 0 saturated heterocycles. The molecule has 1 aliphatic heterocycles.